The molecule has 2 aliphatic heterocycles. The monoisotopic (exact) mass is 1220 g/mol. The van der Waals surface area contributed by atoms with Crippen molar-refractivity contribution in [2.45, 2.75) is 0 Å². The quantitative estimate of drug-likeness (QED) is 0.0690. The van der Waals surface area contributed by atoms with Crippen molar-refractivity contribution in [3.63, 3.8) is 0 Å². The summed E-state index contributed by atoms with van der Waals surface area (Å²) in [6.45, 7) is 0. The van der Waals surface area contributed by atoms with Gasteiger partial charge in [0.2, 0.25) is 0 Å². The minimum atomic E-state index is -19.3. The van der Waals surface area contributed by atoms with E-state index in [1.54, 1.807) is 30.3 Å². The molecule has 0 aliphatic carbocycles. The van der Waals surface area contributed by atoms with Gasteiger partial charge in [-0.3, -0.25) is 0 Å². The Morgan fingerprint density at radius 3 is 0.945 bits per heavy atom. The molecule has 0 saturated heterocycles. The molecule has 3 aromatic heterocycles. The molecule has 8 bridgehead atoms. The predicted molar refractivity (Wildman–Crippen MR) is 246 cm³/mol. The number of rotatable bonds is 10. The second-order valence-corrected chi connectivity index (χ2v) is 215. The molecule has 386 valence electrons. The summed E-state index contributed by atoms with van der Waals surface area (Å²) >= 11 is 0. The summed E-state index contributed by atoms with van der Waals surface area (Å²) in [5.74, 6) is -3.64. The summed E-state index contributed by atoms with van der Waals surface area (Å²) < 4.78 is 289. The number of hydrogen-bond acceptors (Lipinski definition) is 23. The van der Waals surface area contributed by atoms with Gasteiger partial charge in [0, 0.05) is 5.39 Å². The van der Waals surface area contributed by atoms with E-state index < -0.39 is 98.9 Å². The van der Waals surface area contributed by atoms with Crippen LogP contribution in [0.25, 0.3) is 89.7 Å². The number of nitrogens with zero attached hydrogens (tertiary/aromatic N) is 6. The van der Waals surface area contributed by atoms with Gasteiger partial charge in [-0.15, -0.1) is 0 Å². The van der Waals surface area contributed by atoms with Gasteiger partial charge in [0.1, 0.15) is 0 Å². The van der Waals surface area contributed by atoms with Crippen molar-refractivity contribution in [1.82, 2.24) is 39.9 Å². The Labute approximate surface area is 391 Å². The number of nitrogens with one attached hydrogen (secondary N) is 2. The molecule has 0 fully saturated rings. The van der Waals surface area contributed by atoms with Crippen LogP contribution < -0.4 is 4.18 Å². The first-order chi connectivity index (χ1) is 33.3. The van der Waals surface area contributed by atoms with Crippen LogP contribution in [0.15, 0.2) is 91.0 Å². The third-order valence-electron chi connectivity index (χ3n) is 16.1. The average Bonchev–Trinajstić information content (AvgIpc) is 3.97. The van der Waals surface area contributed by atoms with Crippen molar-refractivity contribution in [3.05, 3.63) is 91.0 Å². The molecule has 5 heterocycles. The zero-order chi connectivity index (χ0) is 54.1. The molecule has 0 atom stereocenters. The Morgan fingerprint density at radius 1 is 0.342 bits per heavy atom. The molecule has 0 saturated carbocycles. The van der Waals surface area contributed by atoms with Gasteiger partial charge in [-0.25, -0.2) is 0 Å². The van der Waals surface area contributed by atoms with Crippen molar-refractivity contribution in [2.24, 2.45) is 0 Å². The second-order valence-electron chi connectivity index (χ2n) is 17.9. The van der Waals surface area contributed by atoms with Crippen LogP contribution in [-0.2, 0) is 65.2 Å². The molecule has 0 amide bonds. The number of benzene rings is 4. The maximum absolute atomic E-state index is 19.3. The van der Waals surface area contributed by atoms with E-state index in [4.69, 9.17) is 0 Å². The number of fused-ring (bicyclic) bond motifs is 20. The Bertz CT molecular complexity index is 4670. The van der Waals surface area contributed by atoms with E-state index in [0.29, 0.717) is 16.8 Å². The van der Waals surface area contributed by atoms with Crippen molar-refractivity contribution in [1.29, 1.82) is 0 Å². The Balaban J connectivity index is 1.62. The van der Waals surface area contributed by atoms with E-state index in [1.165, 1.54) is 42.5 Å². The summed E-state index contributed by atoms with van der Waals surface area (Å²) in [7, 11) is -88.4. The molecule has 4 aromatic carbocycles. The minimum absolute atomic E-state index is 0.0179. The van der Waals surface area contributed by atoms with Crippen molar-refractivity contribution in [3.8, 4) is 51.3 Å². The molecule has 9 rings (SSSR count). The van der Waals surface area contributed by atoms with Crippen LogP contribution in [0.4, 0.5) is 0 Å². The van der Waals surface area contributed by atoms with E-state index in [0.717, 1.165) is 6.07 Å². The van der Waals surface area contributed by atoms with Gasteiger partial charge in [0.05, 0.1) is 0 Å². The van der Waals surface area contributed by atoms with E-state index in [9.17, 15) is 90.8 Å². The summed E-state index contributed by atoms with van der Waals surface area (Å²) in [6.07, 6.45) is 0. The summed E-state index contributed by atoms with van der Waals surface area (Å²) in [5, 5.41) is -1.39. The van der Waals surface area contributed by atoms with Crippen LogP contribution in [0.3, 0.4) is 0 Å². The van der Waals surface area contributed by atoms with Crippen LogP contribution in [0.1, 0.15) is 0 Å². The fourth-order valence-electron chi connectivity index (χ4n) is 11.3. The van der Waals surface area contributed by atoms with Crippen molar-refractivity contribution >= 4 is 109 Å². The topological polar surface area (TPSA) is 533 Å². The van der Waals surface area contributed by atoms with Crippen LogP contribution in [0.5, 0.6) is 5.75 Å². The first-order valence-corrected chi connectivity index (χ1v) is 61.4. The third-order valence-corrected chi connectivity index (χ3v) is 397. The molecule has 0 unspecified atom stereocenters. The Kier molecular flexibility index (Phi) is 9.42. The van der Waals surface area contributed by atoms with Crippen LogP contribution >= 0.6 is 0 Å². The fraction of sp³-hybridized carbons (Fsp3) is 0. The van der Waals surface area contributed by atoms with Crippen molar-refractivity contribution in [2.75, 3.05) is 0 Å². The standard InChI is InChI=1S/C32H17N8O3S.7HO3S.Zn/c41-44(42)43-23-15-7-14-22-24(23)32-39-30-21-13-6-5-12-20(21)28(37-30)35-26-17-9-2-1-8-16(17)25(33-26)34-27-18-10-3-4-11-19(18)29(36-27)38-31(22)40-32;7*1-4(2)3;/h1-15H,(H2,33,34,35,36,37,38,39,40);7*(H,1,2,3);. The van der Waals surface area contributed by atoms with Crippen LogP contribution in [0.2, 0.25) is 0 Å². The molecule has 9 N–H and O–H groups in total. The third kappa shape index (κ3) is 3.50. The van der Waals surface area contributed by atoms with E-state index >= 15 is 8.42 Å². The van der Waals surface area contributed by atoms with Gasteiger partial charge in [-0.05, 0) is 0 Å². The predicted octanol–water partition coefficient (Wildman–Crippen LogP) is 1.41. The number of H-pyrrole nitrogens is 2. The first-order valence-electron chi connectivity index (χ1n) is 19.5. The van der Waals surface area contributed by atoms with E-state index in [1.807, 2.05) is 0 Å². The van der Waals surface area contributed by atoms with E-state index in [2.05, 4.69) is 44.1 Å². The Hall–Kier alpha value is -6.02. The summed E-state index contributed by atoms with van der Waals surface area (Å²) in [6, 6.07) is 19.3. The van der Waals surface area contributed by atoms with Crippen LogP contribution in [0, 0.1) is 0 Å². The molecular formula is C32H24N8O24S8Zn. The van der Waals surface area contributed by atoms with Gasteiger partial charge in [0.15, 0.2) is 0 Å². The zero-order valence-electron chi connectivity index (χ0n) is 34.9. The first kappa shape index (κ1) is 51.9. The van der Waals surface area contributed by atoms with Gasteiger partial charge >= 0.3 is 365 Å². The van der Waals surface area contributed by atoms with Crippen molar-refractivity contribution < 1.29 is 104 Å². The molecule has 41 heteroatoms. The second kappa shape index (κ2) is 13.3. The zero-order valence-corrected chi connectivity index (χ0v) is 44.4. The molecule has 7 aromatic rings. The van der Waals surface area contributed by atoms with Gasteiger partial charge < -0.3 is 0 Å². The molecular weight excluding hydrogens is 1200 g/mol. The summed E-state index contributed by atoms with van der Waals surface area (Å²) in [5.41, 5.74) is -1.09. The molecule has 0 spiro atoms. The molecule has 73 heavy (non-hydrogen) atoms. The maximum atomic E-state index is 15.4. The summed E-state index contributed by atoms with van der Waals surface area (Å²) in [4.78, 5) is 32.3. The normalized spacial score (nSPS) is 16.3. The number of hydrogen-bond donors (Lipinski definition) is 9. The SMILES string of the molecule is O=[S](=O)(O)[Zn]([S](=O)(=O)O)([S](=O)(=O)O)([S](=O)(=O)O)([S](=O)(=O)O)([S](=O)(=O)O)([S](=O)(=O)O)[S](=O)(=O)Oc1cccc2c3nc4nc(nc5[nH]c(nc6nc(nc([nH]3)c12)-c1ccccc1-6)c1ccccc51)-c1ccccc1-4. The van der Waals surface area contributed by atoms with Gasteiger partial charge in [0.25, 0.3) is 0 Å². The van der Waals surface area contributed by atoms with Gasteiger partial charge in [-0.1, -0.05) is 24.3 Å². The van der Waals surface area contributed by atoms with Gasteiger partial charge in [-0.2, -0.15) is 0 Å². The molecule has 2 aliphatic rings. The number of aromatic amines is 2. The number of aromatic nitrogens is 8. The molecule has 0 radical (unpaired) electrons. The Morgan fingerprint density at radius 2 is 0.616 bits per heavy atom. The van der Waals surface area contributed by atoms with Crippen LogP contribution in [-0.4, -0.2) is 139 Å². The molecule has 32 nitrogen and oxygen atoms in total. The average molecular weight is 1230 g/mol. The van der Waals surface area contributed by atoms with E-state index in [-0.39, 0.29) is 57.1 Å². The fourth-order valence-corrected chi connectivity index (χ4v) is 259.